The molecular weight excluding hydrogens is 380 g/mol. The molecule has 29 heavy (non-hydrogen) atoms. The van der Waals surface area contributed by atoms with Gasteiger partial charge in [0.25, 0.3) is 0 Å². The summed E-state index contributed by atoms with van der Waals surface area (Å²) in [6.07, 6.45) is -0.998. The Hall–Kier alpha value is -3.55. The number of hydrogen-bond donors (Lipinski definition) is 0. The molecule has 0 radical (unpaired) electrons. The van der Waals surface area contributed by atoms with Crippen LogP contribution in [-0.2, 0) is 14.3 Å². The lowest BCUT2D eigenvalue weighted by molar-refractivity contribution is -0.144. The summed E-state index contributed by atoms with van der Waals surface area (Å²) in [5.41, 5.74) is 0.123. The third kappa shape index (κ3) is 4.84. The molecule has 0 amide bonds. The topological polar surface area (TPSA) is 97.4 Å². The van der Waals surface area contributed by atoms with Crippen LogP contribution >= 0.6 is 0 Å². The Morgan fingerprint density at radius 1 is 0.931 bits per heavy atom. The molecule has 8 nitrogen and oxygen atoms in total. The van der Waals surface area contributed by atoms with Crippen LogP contribution in [0.1, 0.15) is 34.6 Å². The molecule has 1 atom stereocenters. The predicted molar refractivity (Wildman–Crippen MR) is 100 cm³/mol. The van der Waals surface area contributed by atoms with E-state index in [2.05, 4.69) is 0 Å². The molecule has 0 fully saturated rings. The number of carbonyl (C=O) groups is 3. The summed E-state index contributed by atoms with van der Waals surface area (Å²) in [6.45, 7) is 3.60. The van der Waals surface area contributed by atoms with Crippen LogP contribution in [0, 0.1) is 0 Å². The highest BCUT2D eigenvalue weighted by molar-refractivity contribution is 5.96. The monoisotopic (exact) mass is 400 g/mol. The van der Waals surface area contributed by atoms with Crippen molar-refractivity contribution in [1.82, 2.24) is 0 Å². The highest BCUT2D eigenvalue weighted by atomic mass is 16.6. The molecule has 2 aromatic rings. The van der Waals surface area contributed by atoms with Crippen LogP contribution in [0.5, 0.6) is 17.2 Å². The van der Waals surface area contributed by atoms with E-state index in [0.717, 1.165) is 0 Å². The van der Waals surface area contributed by atoms with Gasteiger partial charge in [0, 0.05) is 0 Å². The number of ether oxygens (including phenoxy) is 5. The van der Waals surface area contributed by atoms with Gasteiger partial charge in [0.2, 0.25) is 6.10 Å². The van der Waals surface area contributed by atoms with Crippen molar-refractivity contribution in [2.75, 3.05) is 19.8 Å². The lowest BCUT2D eigenvalue weighted by atomic mass is 10.1. The molecule has 1 aliphatic heterocycles. The highest BCUT2D eigenvalue weighted by Gasteiger charge is 2.29. The molecule has 8 heteroatoms. The van der Waals surface area contributed by atoms with Crippen molar-refractivity contribution >= 4 is 17.9 Å². The first-order valence-corrected chi connectivity index (χ1v) is 9.11. The summed E-state index contributed by atoms with van der Waals surface area (Å²) < 4.78 is 26.4. The van der Waals surface area contributed by atoms with Gasteiger partial charge in [-0.2, -0.15) is 0 Å². The average molecular weight is 400 g/mol. The quantitative estimate of drug-likeness (QED) is 0.539. The summed E-state index contributed by atoms with van der Waals surface area (Å²) in [7, 11) is 0. The molecule has 0 unspecified atom stereocenters. The van der Waals surface area contributed by atoms with E-state index < -0.39 is 24.0 Å². The molecule has 0 N–H and O–H groups in total. The molecule has 1 aliphatic rings. The van der Waals surface area contributed by atoms with Gasteiger partial charge in [0.15, 0.2) is 11.5 Å². The lowest BCUT2D eigenvalue weighted by Gasteiger charge is -2.24. The van der Waals surface area contributed by atoms with Gasteiger partial charge in [-0.05, 0) is 44.2 Å². The highest BCUT2D eigenvalue weighted by Crippen LogP contribution is 2.31. The number of fused-ring (bicyclic) bond motifs is 1. The van der Waals surface area contributed by atoms with E-state index in [9.17, 15) is 14.4 Å². The zero-order chi connectivity index (χ0) is 20.8. The van der Waals surface area contributed by atoms with Gasteiger partial charge in [-0.25, -0.2) is 14.4 Å². The molecule has 3 rings (SSSR count). The first kappa shape index (κ1) is 20.2. The Morgan fingerprint density at radius 2 is 1.52 bits per heavy atom. The van der Waals surface area contributed by atoms with E-state index in [1.54, 1.807) is 38.1 Å². The van der Waals surface area contributed by atoms with Gasteiger partial charge in [-0.1, -0.05) is 12.1 Å². The van der Waals surface area contributed by atoms with Crippen LogP contribution in [0.3, 0.4) is 0 Å². The molecule has 0 saturated carbocycles. The van der Waals surface area contributed by atoms with Gasteiger partial charge in [0.1, 0.15) is 12.4 Å². The van der Waals surface area contributed by atoms with E-state index in [1.165, 1.54) is 18.2 Å². The molecule has 0 bridgehead atoms. The Bertz CT molecular complexity index is 884. The second-order valence-electron chi connectivity index (χ2n) is 5.97. The zero-order valence-electron chi connectivity index (χ0n) is 16.0. The largest absolute Gasteiger partial charge is 0.485 e. The normalized spacial score (nSPS) is 14.6. The summed E-state index contributed by atoms with van der Waals surface area (Å²) >= 11 is 0. The Balaban J connectivity index is 1.80. The van der Waals surface area contributed by atoms with Crippen LogP contribution in [0.15, 0.2) is 42.5 Å². The molecule has 152 valence electrons. The van der Waals surface area contributed by atoms with Crippen molar-refractivity contribution < 1.29 is 38.1 Å². The Kier molecular flexibility index (Phi) is 6.33. The molecule has 0 aliphatic carbocycles. The number of carbonyl (C=O) groups excluding carboxylic acids is 3. The van der Waals surface area contributed by atoms with Crippen LogP contribution in [0.4, 0.5) is 0 Å². The fraction of sp³-hybridized carbons (Fsp3) is 0.286. The number of hydrogen-bond acceptors (Lipinski definition) is 8. The summed E-state index contributed by atoms with van der Waals surface area (Å²) in [5, 5.41) is 0. The van der Waals surface area contributed by atoms with E-state index >= 15 is 0 Å². The van der Waals surface area contributed by atoms with Crippen molar-refractivity contribution in [2.24, 2.45) is 0 Å². The average Bonchev–Trinajstić information content (AvgIpc) is 2.73. The van der Waals surface area contributed by atoms with E-state index in [4.69, 9.17) is 23.7 Å². The molecule has 0 spiro atoms. The van der Waals surface area contributed by atoms with Crippen LogP contribution in [-0.4, -0.2) is 43.8 Å². The summed E-state index contributed by atoms with van der Waals surface area (Å²) in [4.78, 5) is 36.7. The third-order valence-corrected chi connectivity index (χ3v) is 3.92. The predicted octanol–water partition coefficient (Wildman–Crippen LogP) is 2.79. The summed E-state index contributed by atoms with van der Waals surface area (Å²) in [5.74, 6) is -1.08. The van der Waals surface area contributed by atoms with Gasteiger partial charge in [-0.15, -0.1) is 0 Å². The Labute approximate surface area is 167 Å². The van der Waals surface area contributed by atoms with E-state index in [1.807, 2.05) is 0 Å². The van der Waals surface area contributed by atoms with Crippen LogP contribution in [0.25, 0.3) is 0 Å². The van der Waals surface area contributed by atoms with Gasteiger partial charge < -0.3 is 23.7 Å². The SMILES string of the molecule is CCOC(=O)c1cc(OC(=O)[C@H]2COc3ccccc3O2)cc(C(=O)OCC)c1. The fourth-order valence-corrected chi connectivity index (χ4v) is 2.64. The van der Waals surface area contributed by atoms with Crippen LogP contribution in [0.2, 0.25) is 0 Å². The molecule has 0 aromatic heterocycles. The molecule has 0 saturated heterocycles. The number of para-hydroxylation sites is 2. The minimum absolute atomic E-state index is 0.00827. The zero-order valence-corrected chi connectivity index (χ0v) is 16.0. The first-order chi connectivity index (χ1) is 14.0. The number of rotatable bonds is 6. The van der Waals surface area contributed by atoms with Gasteiger partial charge in [0.05, 0.1) is 24.3 Å². The molecule has 2 aromatic carbocycles. The molecule has 1 heterocycles. The Morgan fingerprint density at radius 3 is 2.10 bits per heavy atom. The standard InChI is InChI=1S/C21H20O8/c1-3-25-19(22)13-9-14(20(23)26-4-2)11-15(10-13)28-21(24)18-12-27-16-7-5-6-8-17(16)29-18/h5-11,18H,3-4,12H2,1-2H3/t18-/m1/s1. The third-order valence-electron chi connectivity index (χ3n) is 3.92. The second kappa shape index (κ2) is 9.09. The van der Waals surface area contributed by atoms with Gasteiger partial charge >= 0.3 is 17.9 Å². The van der Waals surface area contributed by atoms with E-state index in [-0.39, 0.29) is 36.7 Å². The number of benzene rings is 2. The smallest absolute Gasteiger partial charge is 0.356 e. The van der Waals surface area contributed by atoms with Crippen molar-refractivity contribution in [2.45, 2.75) is 20.0 Å². The minimum atomic E-state index is -0.998. The van der Waals surface area contributed by atoms with Gasteiger partial charge in [-0.3, -0.25) is 0 Å². The van der Waals surface area contributed by atoms with Crippen molar-refractivity contribution in [3.05, 3.63) is 53.6 Å². The van der Waals surface area contributed by atoms with Crippen molar-refractivity contribution in [1.29, 1.82) is 0 Å². The summed E-state index contributed by atoms with van der Waals surface area (Å²) in [6, 6.07) is 10.9. The van der Waals surface area contributed by atoms with E-state index in [0.29, 0.717) is 11.5 Å². The minimum Gasteiger partial charge on any atom is -0.485 e. The maximum absolute atomic E-state index is 12.5. The van der Waals surface area contributed by atoms with Crippen molar-refractivity contribution in [3.63, 3.8) is 0 Å². The maximum atomic E-state index is 12.5. The number of esters is 3. The molecular formula is C21H20O8. The van der Waals surface area contributed by atoms with Crippen LogP contribution < -0.4 is 14.2 Å². The van der Waals surface area contributed by atoms with Crippen molar-refractivity contribution in [3.8, 4) is 17.2 Å². The maximum Gasteiger partial charge on any atom is 0.356 e. The second-order valence-corrected chi connectivity index (χ2v) is 5.97. The first-order valence-electron chi connectivity index (χ1n) is 9.11. The fourth-order valence-electron chi connectivity index (χ4n) is 2.64. The lowest BCUT2D eigenvalue weighted by Crippen LogP contribution is -2.39.